The van der Waals surface area contributed by atoms with Crippen molar-refractivity contribution in [3.05, 3.63) is 30.1 Å². The molecule has 0 aliphatic carbocycles. The van der Waals surface area contributed by atoms with Crippen molar-refractivity contribution in [1.29, 1.82) is 0 Å². The minimum absolute atomic E-state index is 0.152. The van der Waals surface area contributed by atoms with Crippen LogP contribution in [0.25, 0.3) is 0 Å². The Labute approximate surface area is 115 Å². The molecule has 1 rings (SSSR count). The molecule has 0 aliphatic rings. The molecule has 0 bridgehead atoms. The maximum Gasteiger partial charge on any atom is 0.146 e. The van der Waals surface area contributed by atoms with Crippen LogP contribution >= 0.6 is 0 Å². The van der Waals surface area contributed by atoms with Crippen LogP contribution in [0.4, 0.5) is 10.1 Å². The van der Waals surface area contributed by atoms with Gasteiger partial charge in [0.2, 0.25) is 0 Å². The van der Waals surface area contributed by atoms with Crippen LogP contribution in [0, 0.1) is 5.82 Å². The summed E-state index contributed by atoms with van der Waals surface area (Å²) in [5.74, 6) is -0.152. The second-order valence-corrected chi connectivity index (χ2v) is 4.33. The lowest BCUT2D eigenvalue weighted by Gasteiger charge is -2.23. The minimum Gasteiger partial charge on any atom is -0.382 e. The molecule has 3 nitrogen and oxygen atoms in total. The first-order valence-corrected chi connectivity index (χ1v) is 7.07. The summed E-state index contributed by atoms with van der Waals surface area (Å²) in [5.41, 5.74) is 0.682. The molecule has 0 heterocycles. The van der Waals surface area contributed by atoms with Gasteiger partial charge in [0.25, 0.3) is 0 Å². The van der Waals surface area contributed by atoms with E-state index in [1.54, 1.807) is 6.07 Å². The van der Waals surface area contributed by atoms with Crippen LogP contribution in [-0.2, 0) is 4.74 Å². The maximum absolute atomic E-state index is 13.7. The van der Waals surface area contributed by atoms with Crippen molar-refractivity contribution >= 4 is 5.69 Å². The molecule has 0 aromatic heterocycles. The first-order valence-electron chi connectivity index (χ1n) is 7.07. The Morgan fingerprint density at radius 2 is 2.00 bits per heavy atom. The van der Waals surface area contributed by atoms with Crippen LogP contribution in [0.5, 0.6) is 0 Å². The standard InChI is InChI=1S/C15H25FN2O/c1-3-18(15-9-6-5-8-14(15)16)12-11-17-10-7-13-19-4-2/h5-6,8-9,17H,3-4,7,10-13H2,1-2H3. The summed E-state index contributed by atoms with van der Waals surface area (Å²) in [6.45, 7) is 9.03. The molecule has 0 atom stereocenters. The van der Waals surface area contributed by atoms with Crippen LogP contribution in [0.1, 0.15) is 20.3 Å². The van der Waals surface area contributed by atoms with Gasteiger partial charge >= 0.3 is 0 Å². The summed E-state index contributed by atoms with van der Waals surface area (Å²) in [6.07, 6.45) is 1.01. The van der Waals surface area contributed by atoms with Crippen molar-refractivity contribution in [2.75, 3.05) is 44.3 Å². The van der Waals surface area contributed by atoms with Gasteiger partial charge in [0.05, 0.1) is 5.69 Å². The molecule has 0 aliphatic heterocycles. The maximum atomic E-state index is 13.7. The molecule has 0 amide bonds. The van der Waals surface area contributed by atoms with Crippen LogP contribution < -0.4 is 10.2 Å². The normalized spacial score (nSPS) is 10.7. The summed E-state index contributed by atoms with van der Waals surface area (Å²) in [7, 11) is 0. The smallest absolute Gasteiger partial charge is 0.146 e. The Kier molecular flexibility index (Phi) is 8.18. The van der Waals surface area contributed by atoms with Gasteiger partial charge in [-0.25, -0.2) is 4.39 Å². The first kappa shape index (κ1) is 15.9. The topological polar surface area (TPSA) is 24.5 Å². The van der Waals surface area contributed by atoms with Crippen molar-refractivity contribution in [1.82, 2.24) is 5.32 Å². The van der Waals surface area contributed by atoms with Crippen molar-refractivity contribution < 1.29 is 9.13 Å². The third-order valence-corrected chi connectivity index (χ3v) is 2.98. The highest BCUT2D eigenvalue weighted by Gasteiger charge is 2.08. The zero-order chi connectivity index (χ0) is 13.9. The van der Waals surface area contributed by atoms with E-state index >= 15 is 0 Å². The third-order valence-electron chi connectivity index (χ3n) is 2.98. The van der Waals surface area contributed by atoms with Crippen molar-refractivity contribution in [2.45, 2.75) is 20.3 Å². The number of ether oxygens (including phenoxy) is 1. The number of para-hydroxylation sites is 1. The molecule has 0 unspecified atom stereocenters. The highest BCUT2D eigenvalue weighted by atomic mass is 19.1. The van der Waals surface area contributed by atoms with Crippen molar-refractivity contribution in [2.24, 2.45) is 0 Å². The van der Waals surface area contributed by atoms with Crippen LogP contribution in [0.3, 0.4) is 0 Å². The Morgan fingerprint density at radius 3 is 2.68 bits per heavy atom. The number of anilines is 1. The van der Waals surface area contributed by atoms with E-state index in [9.17, 15) is 4.39 Å². The average Bonchev–Trinajstić information content (AvgIpc) is 2.43. The molecule has 0 saturated carbocycles. The Balaban J connectivity index is 2.24. The summed E-state index contributed by atoms with van der Waals surface area (Å²) >= 11 is 0. The summed E-state index contributed by atoms with van der Waals surface area (Å²) in [5, 5.41) is 3.35. The number of likely N-dealkylation sites (N-methyl/N-ethyl adjacent to an activating group) is 1. The largest absolute Gasteiger partial charge is 0.382 e. The number of rotatable bonds is 10. The zero-order valence-corrected chi connectivity index (χ0v) is 12.0. The van der Waals surface area contributed by atoms with Crippen LogP contribution in [0.15, 0.2) is 24.3 Å². The molecule has 1 N–H and O–H groups in total. The lowest BCUT2D eigenvalue weighted by atomic mass is 10.2. The first-order chi connectivity index (χ1) is 9.29. The number of hydrogen-bond acceptors (Lipinski definition) is 3. The molecular weight excluding hydrogens is 243 g/mol. The quantitative estimate of drug-likeness (QED) is 0.660. The number of benzene rings is 1. The number of hydrogen-bond donors (Lipinski definition) is 1. The molecular formula is C15H25FN2O. The fourth-order valence-corrected chi connectivity index (χ4v) is 1.94. The van der Waals surface area contributed by atoms with E-state index in [0.717, 1.165) is 45.8 Å². The summed E-state index contributed by atoms with van der Waals surface area (Å²) < 4.78 is 18.9. The summed E-state index contributed by atoms with van der Waals surface area (Å²) in [4.78, 5) is 2.05. The molecule has 0 saturated heterocycles. The van der Waals surface area contributed by atoms with E-state index in [-0.39, 0.29) is 5.82 Å². The van der Waals surface area contributed by atoms with Gasteiger partial charge in [-0.05, 0) is 38.9 Å². The number of halogens is 1. The molecule has 4 heteroatoms. The third kappa shape index (κ3) is 6.03. The van der Waals surface area contributed by atoms with Gasteiger partial charge in [-0.2, -0.15) is 0 Å². The van der Waals surface area contributed by atoms with Gasteiger partial charge in [0.1, 0.15) is 5.82 Å². The zero-order valence-electron chi connectivity index (χ0n) is 12.0. The SMILES string of the molecule is CCOCCCNCCN(CC)c1ccccc1F. The molecule has 0 radical (unpaired) electrons. The predicted octanol–water partition coefficient (Wildman–Crippen LogP) is 2.67. The van der Waals surface area contributed by atoms with Gasteiger partial charge in [0.15, 0.2) is 0 Å². The molecule has 0 fully saturated rings. The van der Waals surface area contributed by atoms with Crippen molar-refractivity contribution in [3.63, 3.8) is 0 Å². The van der Waals surface area contributed by atoms with Gasteiger partial charge in [-0.3, -0.25) is 0 Å². The fraction of sp³-hybridized carbons (Fsp3) is 0.600. The summed E-state index contributed by atoms with van der Waals surface area (Å²) in [6, 6.07) is 6.93. The Morgan fingerprint density at radius 1 is 1.21 bits per heavy atom. The highest BCUT2D eigenvalue weighted by molar-refractivity contribution is 5.47. The predicted molar refractivity (Wildman–Crippen MR) is 78.3 cm³/mol. The Hall–Kier alpha value is -1.13. The fourth-order valence-electron chi connectivity index (χ4n) is 1.94. The highest BCUT2D eigenvalue weighted by Crippen LogP contribution is 2.17. The van der Waals surface area contributed by atoms with E-state index < -0.39 is 0 Å². The van der Waals surface area contributed by atoms with E-state index in [0.29, 0.717) is 5.69 Å². The minimum atomic E-state index is -0.152. The van der Waals surface area contributed by atoms with Crippen LogP contribution in [-0.4, -0.2) is 39.4 Å². The Bertz CT molecular complexity index is 347. The van der Waals surface area contributed by atoms with E-state index in [4.69, 9.17) is 4.74 Å². The molecule has 0 spiro atoms. The lowest BCUT2D eigenvalue weighted by Crippen LogP contribution is -2.33. The second-order valence-electron chi connectivity index (χ2n) is 4.33. The second kappa shape index (κ2) is 9.75. The lowest BCUT2D eigenvalue weighted by molar-refractivity contribution is 0.145. The molecule has 19 heavy (non-hydrogen) atoms. The van der Waals surface area contributed by atoms with E-state index in [1.807, 2.05) is 30.9 Å². The van der Waals surface area contributed by atoms with Gasteiger partial charge in [0, 0.05) is 32.8 Å². The van der Waals surface area contributed by atoms with E-state index in [2.05, 4.69) is 5.32 Å². The van der Waals surface area contributed by atoms with Gasteiger partial charge in [-0.15, -0.1) is 0 Å². The molecule has 108 valence electrons. The van der Waals surface area contributed by atoms with Gasteiger partial charge in [-0.1, -0.05) is 12.1 Å². The van der Waals surface area contributed by atoms with Crippen LogP contribution in [0.2, 0.25) is 0 Å². The van der Waals surface area contributed by atoms with E-state index in [1.165, 1.54) is 6.07 Å². The average molecular weight is 268 g/mol. The number of nitrogens with one attached hydrogen (secondary N) is 1. The van der Waals surface area contributed by atoms with Gasteiger partial charge < -0.3 is 15.0 Å². The number of nitrogens with zero attached hydrogens (tertiary/aromatic N) is 1. The van der Waals surface area contributed by atoms with Crippen molar-refractivity contribution in [3.8, 4) is 0 Å². The molecule has 1 aromatic carbocycles. The molecule has 1 aromatic rings. The monoisotopic (exact) mass is 268 g/mol.